The van der Waals surface area contributed by atoms with Gasteiger partial charge in [-0.2, -0.15) is 0 Å². The summed E-state index contributed by atoms with van der Waals surface area (Å²) in [4.78, 5) is 0. The SMILES string of the molecule is CC1[C@H](C)O[C@H](CCP(C)(=O)CP(C)(=O)CP(C)(C)=O)[C@@H]1C. The molecule has 132 valence electrons. The molecule has 1 heterocycles. The van der Waals surface area contributed by atoms with Gasteiger partial charge in [0.2, 0.25) is 0 Å². The molecule has 1 fully saturated rings. The Morgan fingerprint density at radius 3 is 1.77 bits per heavy atom. The maximum atomic E-state index is 12.8. The lowest BCUT2D eigenvalue weighted by Crippen LogP contribution is -2.17. The maximum absolute atomic E-state index is 12.8. The molecule has 0 radical (unpaired) electrons. The van der Waals surface area contributed by atoms with Crippen molar-refractivity contribution in [2.24, 2.45) is 11.8 Å². The van der Waals surface area contributed by atoms with Crippen molar-refractivity contribution in [2.45, 2.75) is 39.4 Å². The first-order valence-corrected chi connectivity index (χ1v) is 15.9. The van der Waals surface area contributed by atoms with Crippen LogP contribution in [0.1, 0.15) is 27.2 Å². The molecule has 0 saturated carbocycles. The van der Waals surface area contributed by atoms with E-state index in [-0.39, 0.29) is 24.0 Å². The Bertz CT molecular complexity index is 525. The molecule has 22 heavy (non-hydrogen) atoms. The topological polar surface area (TPSA) is 60.4 Å². The summed E-state index contributed by atoms with van der Waals surface area (Å²) in [5.41, 5.74) is 0. The Morgan fingerprint density at radius 1 is 0.818 bits per heavy atom. The monoisotopic (exact) mass is 370 g/mol. The number of hydrogen-bond acceptors (Lipinski definition) is 4. The summed E-state index contributed by atoms with van der Waals surface area (Å²) in [5.74, 6) is 1.44. The summed E-state index contributed by atoms with van der Waals surface area (Å²) in [6.07, 6.45) is 1.73. The molecule has 0 amide bonds. The van der Waals surface area contributed by atoms with Crippen molar-refractivity contribution >= 4 is 21.4 Å². The Kier molecular flexibility index (Phi) is 6.83. The van der Waals surface area contributed by atoms with Crippen LogP contribution in [0.5, 0.6) is 0 Å². The number of hydrogen-bond donors (Lipinski definition) is 0. The molecule has 6 atom stereocenters. The third-order valence-corrected chi connectivity index (χ3v) is 15.8. The van der Waals surface area contributed by atoms with Crippen LogP contribution >= 0.6 is 21.4 Å². The Balaban J connectivity index is 2.60. The number of ether oxygens (including phenoxy) is 1. The van der Waals surface area contributed by atoms with Crippen molar-refractivity contribution in [3.05, 3.63) is 0 Å². The van der Waals surface area contributed by atoms with Gasteiger partial charge in [-0.3, -0.25) is 0 Å². The Morgan fingerprint density at radius 2 is 1.36 bits per heavy atom. The van der Waals surface area contributed by atoms with Gasteiger partial charge in [0, 0.05) is 6.16 Å². The van der Waals surface area contributed by atoms with E-state index in [4.69, 9.17) is 4.74 Å². The van der Waals surface area contributed by atoms with Crippen molar-refractivity contribution < 1.29 is 18.4 Å². The molecule has 0 spiro atoms. The third kappa shape index (κ3) is 6.64. The molecule has 1 aliphatic heterocycles. The molecule has 1 aliphatic rings. The average Bonchev–Trinajstić information content (AvgIpc) is 2.49. The Hall–Kier alpha value is 0.650. The van der Waals surface area contributed by atoms with Crippen LogP contribution < -0.4 is 0 Å². The van der Waals surface area contributed by atoms with Gasteiger partial charge in [0.05, 0.1) is 45.4 Å². The van der Waals surface area contributed by atoms with E-state index < -0.39 is 21.4 Å². The molecule has 0 aromatic carbocycles. The van der Waals surface area contributed by atoms with Crippen LogP contribution in [-0.4, -0.2) is 56.8 Å². The first-order valence-electron chi connectivity index (χ1n) is 8.03. The zero-order chi connectivity index (χ0) is 17.3. The highest BCUT2D eigenvalue weighted by molar-refractivity contribution is 7.86. The lowest BCUT2D eigenvalue weighted by Gasteiger charge is -2.23. The largest absolute Gasteiger partial charge is 0.375 e. The van der Waals surface area contributed by atoms with Gasteiger partial charge in [-0.1, -0.05) is 13.8 Å². The normalized spacial score (nSPS) is 35.0. The highest BCUT2D eigenvalue weighted by Crippen LogP contribution is 2.63. The van der Waals surface area contributed by atoms with Crippen molar-refractivity contribution in [1.29, 1.82) is 0 Å². The van der Waals surface area contributed by atoms with Gasteiger partial charge in [-0.05, 0) is 51.8 Å². The van der Waals surface area contributed by atoms with Crippen LogP contribution in [0.25, 0.3) is 0 Å². The van der Waals surface area contributed by atoms with Crippen LogP contribution in [0.15, 0.2) is 0 Å². The zero-order valence-corrected chi connectivity index (χ0v) is 17.8. The van der Waals surface area contributed by atoms with Crippen LogP contribution in [-0.2, 0) is 18.4 Å². The minimum Gasteiger partial charge on any atom is -0.375 e. The summed E-state index contributed by atoms with van der Waals surface area (Å²) in [5, 5.41) is 0. The van der Waals surface area contributed by atoms with Crippen molar-refractivity contribution in [1.82, 2.24) is 0 Å². The first kappa shape index (κ1) is 20.7. The molecule has 0 bridgehead atoms. The predicted molar refractivity (Wildman–Crippen MR) is 98.4 cm³/mol. The van der Waals surface area contributed by atoms with E-state index in [0.717, 1.165) is 6.42 Å². The van der Waals surface area contributed by atoms with Gasteiger partial charge >= 0.3 is 0 Å². The van der Waals surface area contributed by atoms with E-state index in [9.17, 15) is 13.7 Å². The van der Waals surface area contributed by atoms with E-state index in [0.29, 0.717) is 18.0 Å². The van der Waals surface area contributed by atoms with Crippen molar-refractivity contribution in [2.75, 3.05) is 44.6 Å². The summed E-state index contributed by atoms with van der Waals surface area (Å²) >= 11 is 0. The third-order valence-electron chi connectivity index (χ3n) is 4.67. The summed E-state index contributed by atoms with van der Waals surface area (Å²) in [6, 6.07) is 0. The second kappa shape index (κ2) is 7.26. The highest BCUT2D eigenvalue weighted by Gasteiger charge is 2.38. The molecule has 0 N–H and O–H groups in total. The lowest BCUT2D eigenvalue weighted by atomic mass is 9.90. The second-order valence-corrected chi connectivity index (χ2v) is 19.1. The fourth-order valence-electron chi connectivity index (χ4n) is 3.49. The lowest BCUT2D eigenvalue weighted by molar-refractivity contribution is 0.0397. The zero-order valence-electron chi connectivity index (χ0n) is 15.1. The molecular weight excluding hydrogens is 337 g/mol. The first-order chi connectivity index (χ1) is 9.72. The van der Waals surface area contributed by atoms with Gasteiger partial charge in [0.25, 0.3) is 0 Å². The highest BCUT2D eigenvalue weighted by atomic mass is 31.2. The fourth-order valence-corrected chi connectivity index (χ4v) is 16.8. The molecular formula is C15H33O4P3. The van der Waals surface area contributed by atoms with E-state index >= 15 is 0 Å². The van der Waals surface area contributed by atoms with E-state index in [1.165, 1.54) is 0 Å². The quantitative estimate of drug-likeness (QED) is 0.594. The molecule has 1 rings (SSSR count). The Labute approximate surface area is 136 Å². The smallest absolute Gasteiger partial charge is 0.0988 e. The minimum atomic E-state index is -2.60. The summed E-state index contributed by atoms with van der Waals surface area (Å²) < 4.78 is 43.3. The molecule has 4 nitrogen and oxygen atoms in total. The molecule has 0 aliphatic carbocycles. The van der Waals surface area contributed by atoms with E-state index in [1.807, 2.05) is 0 Å². The standard InChI is InChI=1S/C15H33O4P3/c1-12-13(2)15(19-14(12)3)8-9-21(6,17)11-22(7,18)10-20(4,5)16/h12-15H,8-11H2,1-7H3/t12?,13-,14+,15-,21?,22?/m1/s1. The molecule has 0 aromatic rings. The van der Waals surface area contributed by atoms with Gasteiger partial charge < -0.3 is 18.4 Å². The maximum Gasteiger partial charge on any atom is 0.0988 e. The van der Waals surface area contributed by atoms with E-state index in [1.54, 1.807) is 26.7 Å². The molecule has 1 saturated heterocycles. The summed E-state index contributed by atoms with van der Waals surface area (Å²) in [7, 11) is -7.43. The van der Waals surface area contributed by atoms with Crippen LogP contribution in [0.4, 0.5) is 0 Å². The van der Waals surface area contributed by atoms with Crippen molar-refractivity contribution in [3.8, 4) is 0 Å². The number of rotatable bonds is 7. The van der Waals surface area contributed by atoms with Gasteiger partial charge in [0.15, 0.2) is 0 Å². The average molecular weight is 370 g/mol. The van der Waals surface area contributed by atoms with Gasteiger partial charge in [0.1, 0.15) is 0 Å². The van der Waals surface area contributed by atoms with Crippen LogP contribution in [0.2, 0.25) is 0 Å². The predicted octanol–water partition coefficient (Wildman–Crippen LogP) is 4.96. The fraction of sp³-hybridized carbons (Fsp3) is 1.00. The molecule has 7 heteroatoms. The van der Waals surface area contributed by atoms with Gasteiger partial charge in [-0.15, -0.1) is 0 Å². The minimum absolute atomic E-state index is 0.151. The van der Waals surface area contributed by atoms with Gasteiger partial charge in [-0.25, -0.2) is 0 Å². The van der Waals surface area contributed by atoms with Crippen LogP contribution in [0, 0.1) is 11.8 Å². The van der Waals surface area contributed by atoms with E-state index in [2.05, 4.69) is 20.8 Å². The van der Waals surface area contributed by atoms with Crippen molar-refractivity contribution in [3.63, 3.8) is 0 Å². The second-order valence-electron chi connectivity index (χ2n) is 8.06. The molecule has 0 aromatic heterocycles. The molecule has 3 unspecified atom stereocenters. The summed E-state index contributed by atoms with van der Waals surface area (Å²) in [6.45, 7) is 13.2. The van der Waals surface area contributed by atoms with Crippen LogP contribution in [0.3, 0.4) is 0 Å².